The van der Waals surface area contributed by atoms with Gasteiger partial charge in [0, 0.05) is 6.61 Å². The van der Waals surface area contributed by atoms with Crippen molar-refractivity contribution in [3.8, 4) is 0 Å². The summed E-state index contributed by atoms with van der Waals surface area (Å²) in [6, 6.07) is -0.518. The van der Waals surface area contributed by atoms with Gasteiger partial charge < -0.3 is 19.7 Å². The van der Waals surface area contributed by atoms with E-state index in [-0.39, 0.29) is 31.3 Å². The fourth-order valence-corrected chi connectivity index (χ4v) is 1.30. The third kappa shape index (κ3) is 6.83. The van der Waals surface area contributed by atoms with Crippen molar-refractivity contribution in [1.82, 2.24) is 10.1 Å². The Balaban J connectivity index is 2.28. The Kier molecular flexibility index (Phi) is 6.89. The highest BCUT2D eigenvalue weighted by Gasteiger charge is 2.27. The molecule has 9 heteroatoms. The van der Waals surface area contributed by atoms with Crippen LogP contribution in [0.3, 0.4) is 0 Å². The van der Waals surface area contributed by atoms with Gasteiger partial charge in [0.1, 0.15) is 6.61 Å². The SMILES string of the molecule is CCCOCC(N)c1noc(CCOCC(F)(F)F)n1. The summed E-state index contributed by atoms with van der Waals surface area (Å²) in [5.41, 5.74) is 5.77. The predicted molar refractivity (Wildman–Crippen MR) is 62.9 cm³/mol. The minimum atomic E-state index is -4.33. The lowest BCUT2D eigenvalue weighted by Crippen LogP contribution is -2.19. The normalized spacial score (nSPS) is 13.7. The van der Waals surface area contributed by atoms with Crippen molar-refractivity contribution in [2.24, 2.45) is 5.73 Å². The molecular weight excluding hydrogens is 279 g/mol. The summed E-state index contributed by atoms with van der Waals surface area (Å²) < 4.78 is 50.1. The van der Waals surface area contributed by atoms with E-state index in [2.05, 4.69) is 14.9 Å². The molecule has 20 heavy (non-hydrogen) atoms. The van der Waals surface area contributed by atoms with Gasteiger partial charge in [0.05, 0.1) is 25.7 Å². The molecule has 0 spiro atoms. The van der Waals surface area contributed by atoms with E-state index in [0.29, 0.717) is 6.61 Å². The lowest BCUT2D eigenvalue weighted by atomic mass is 10.3. The van der Waals surface area contributed by atoms with Crippen LogP contribution in [0.5, 0.6) is 0 Å². The molecule has 6 nitrogen and oxygen atoms in total. The van der Waals surface area contributed by atoms with Crippen molar-refractivity contribution in [2.45, 2.75) is 32.0 Å². The molecule has 0 aromatic carbocycles. The highest BCUT2D eigenvalue weighted by molar-refractivity contribution is 4.93. The first-order valence-electron chi connectivity index (χ1n) is 6.22. The first-order valence-corrected chi connectivity index (χ1v) is 6.22. The average Bonchev–Trinajstić information content (AvgIpc) is 2.82. The number of aromatic nitrogens is 2. The molecule has 0 fully saturated rings. The molecular formula is C11H18F3N3O3. The molecule has 1 aromatic heterocycles. The van der Waals surface area contributed by atoms with Crippen molar-refractivity contribution >= 4 is 0 Å². The third-order valence-corrected chi connectivity index (χ3v) is 2.19. The quantitative estimate of drug-likeness (QED) is 0.697. The number of hydrogen-bond donors (Lipinski definition) is 1. The van der Waals surface area contributed by atoms with Crippen LogP contribution in [0.15, 0.2) is 4.52 Å². The van der Waals surface area contributed by atoms with Gasteiger partial charge in [-0.3, -0.25) is 0 Å². The van der Waals surface area contributed by atoms with E-state index < -0.39 is 18.8 Å². The first-order chi connectivity index (χ1) is 9.42. The van der Waals surface area contributed by atoms with Crippen LogP contribution in [0.4, 0.5) is 13.2 Å². The van der Waals surface area contributed by atoms with Gasteiger partial charge in [-0.1, -0.05) is 12.1 Å². The summed E-state index contributed by atoms with van der Waals surface area (Å²) >= 11 is 0. The van der Waals surface area contributed by atoms with Gasteiger partial charge in [-0.15, -0.1) is 0 Å². The first kappa shape index (κ1) is 16.9. The third-order valence-electron chi connectivity index (χ3n) is 2.19. The number of rotatable bonds is 9. The molecule has 0 amide bonds. The summed E-state index contributed by atoms with van der Waals surface area (Å²) in [5.74, 6) is 0.458. The van der Waals surface area contributed by atoms with Gasteiger partial charge in [-0.05, 0) is 6.42 Å². The maximum atomic E-state index is 11.8. The van der Waals surface area contributed by atoms with Crippen LogP contribution in [0.25, 0.3) is 0 Å². The van der Waals surface area contributed by atoms with Crippen molar-refractivity contribution in [3.05, 3.63) is 11.7 Å². The number of nitrogens with two attached hydrogens (primary N) is 1. The van der Waals surface area contributed by atoms with Crippen LogP contribution >= 0.6 is 0 Å². The molecule has 0 saturated heterocycles. The Morgan fingerprint density at radius 2 is 2.05 bits per heavy atom. The van der Waals surface area contributed by atoms with E-state index in [9.17, 15) is 13.2 Å². The fraction of sp³-hybridized carbons (Fsp3) is 0.818. The monoisotopic (exact) mass is 297 g/mol. The largest absolute Gasteiger partial charge is 0.411 e. The summed E-state index contributed by atoms with van der Waals surface area (Å²) in [6.45, 7) is 1.38. The van der Waals surface area contributed by atoms with Crippen molar-refractivity contribution in [1.29, 1.82) is 0 Å². The Morgan fingerprint density at radius 1 is 1.30 bits per heavy atom. The van der Waals surface area contributed by atoms with Gasteiger partial charge in [0.25, 0.3) is 0 Å². The van der Waals surface area contributed by atoms with E-state index in [1.807, 2.05) is 6.92 Å². The molecule has 2 N–H and O–H groups in total. The lowest BCUT2D eigenvalue weighted by molar-refractivity contribution is -0.173. The Labute approximate surface area is 114 Å². The molecule has 0 saturated carbocycles. The maximum Gasteiger partial charge on any atom is 0.411 e. The standard InChI is InChI=1S/C11H18F3N3O3/c1-2-4-18-6-8(15)10-16-9(20-17-10)3-5-19-7-11(12,13)14/h8H,2-7,15H2,1H3. The molecule has 0 bridgehead atoms. The minimum absolute atomic E-state index is 0.103. The lowest BCUT2D eigenvalue weighted by Gasteiger charge is -2.06. The zero-order valence-corrected chi connectivity index (χ0v) is 11.2. The number of ether oxygens (including phenoxy) is 2. The Hall–Kier alpha value is -1.19. The molecule has 1 atom stereocenters. The zero-order chi connectivity index (χ0) is 15.0. The second-order valence-corrected chi connectivity index (χ2v) is 4.15. The Bertz CT molecular complexity index is 384. The zero-order valence-electron chi connectivity index (χ0n) is 11.2. The second kappa shape index (κ2) is 8.18. The molecule has 1 heterocycles. The van der Waals surface area contributed by atoms with Crippen molar-refractivity contribution in [3.63, 3.8) is 0 Å². The smallest absolute Gasteiger partial charge is 0.379 e. The summed E-state index contributed by atoms with van der Waals surface area (Å²) in [7, 11) is 0. The minimum Gasteiger partial charge on any atom is -0.379 e. The molecule has 116 valence electrons. The molecule has 0 radical (unpaired) electrons. The topological polar surface area (TPSA) is 83.4 Å². The van der Waals surface area contributed by atoms with E-state index in [1.165, 1.54) is 0 Å². The van der Waals surface area contributed by atoms with Crippen LogP contribution < -0.4 is 5.73 Å². The maximum absolute atomic E-state index is 11.8. The summed E-state index contributed by atoms with van der Waals surface area (Å²) in [6.07, 6.45) is -3.36. The summed E-state index contributed by atoms with van der Waals surface area (Å²) in [4.78, 5) is 3.98. The molecule has 0 aliphatic heterocycles. The second-order valence-electron chi connectivity index (χ2n) is 4.15. The van der Waals surface area contributed by atoms with E-state index in [1.54, 1.807) is 0 Å². The van der Waals surface area contributed by atoms with Gasteiger partial charge in [0.15, 0.2) is 5.82 Å². The predicted octanol–water partition coefficient (Wildman–Crippen LogP) is 1.62. The molecule has 1 unspecified atom stereocenters. The van der Waals surface area contributed by atoms with E-state index in [4.69, 9.17) is 15.0 Å². The van der Waals surface area contributed by atoms with Crippen LogP contribution in [0.2, 0.25) is 0 Å². The molecule has 1 aromatic rings. The number of hydrogen-bond acceptors (Lipinski definition) is 6. The highest BCUT2D eigenvalue weighted by Crippen LogP contribution is 2.14. The molecule has 0 aliphatic carbocycles. The van der Waals surface area contributed by atoms with Crippen LogP contribution in [-0.4, -0.2) is 42.7 Å². The van der Waals surface area contributed by atoms with E-state index >= 15 is 0 Å². The molecule has 0 aliphatic rings. The summed E-state index contributed by atoms with van der Waals surface area (Å²) in [5, 5.41) is 3.65. The van der Waals surface area contributed by atoms with Gasteiger partial charge in [0.2, 0.25) is 5.89 Å². The molecule has 1 rings (SSSR count). The fourth-order valence-electron chi connectivity index (χ4n) is 1.30. The highest BCUT2D eigenvalue weighted by atomic mass is 19.4. The van der Waals surface area contributed by atoms with Crippen molar-refractivity contribution < 1.29 is 27.2 Å². The van der Waals surface area contributed by atoms with E-state index in [0.717, 1.165) is 6.42 Å². The Morgan fingerprint density at radius 3 is 2.70 bits per heavy atom. The van der Waals surface area contributed by atoms with Crippen LogP contribution in [-0.2, 0) is 15.9 Å². The van der Waals surface area contributed by atoms with Crippen LogP contribution in [0, 0.1) is 0 Å². The number of halogens is 3. The van der Waals surface area contributed by atoms with Crippen LogP contribution in [0.1, 0.15) is 31.1 Å². The van der Waals surface area contributed by atoms with Gasteiger partial charge in [-0.25, -0.2) is 0 Å². The van der Waals surface area contributed by atoms with Gasteiger partial charge in [-0.2, -0.15) is 18.2 Å². The van der Waals surface area contributed by atoms with Crippen molar-refractivity contribution in [2.75, 3.05) is 26.4 Å². The average molecular weight is 297 g/mol. The number of alkyl halides is 3. The van der Waals surface area contributed by atoms with Gasteiger partial charge >= 0.3 is 6.18 Å². The number of nitrogens with zero attached hydrogens (tertiary/aromatic N) is 2.